The molecule has 0 saturated heterocycles. The van der Waals surface area contributed by atoms with Crippen LogP contribution in [0.15, 0.2) is 46.5 Å². The van der Waals surface area contributed by atoms with Crippen molar-refractivity contribution in [2.24, 2.45) is 0 Å². The van der Waals surface area contributed by atoms with Crippen molar-refractivity contribution in [2.45, 2.75) is 16.8 Å². The zero-order chi connectivity index (χ0) is 12.1. The van der Waals surface area contributed by atoms with Crippen molar-refractivity contribution in [1.82, 2.24) is 9.97 Å². The highest BCUT2D eigenvalue weighted by atomic mass is 35.5. The molecule has 5 heteroatoms. The minimum Gasteiger partial charge on any atom is -0.354 e. The first kappa shape index (κ1) is 12.2. The summed E-state index contributed by atoms with van der Waals surface area (Å²) in [4.78, 5) is 9.62. The molecule has 0 saturated carbocycles. The van der Waals surface area contributed by atoms with Crippen molar-refractivity contribution in [2.75, 3.05) is 11.9 Å². The molecule has 1 N–H and O–H groups in total. The van der Waals surface area contributed by atoms with Crippen LogP contribution in [0.3, 0.4) is 0 Å². The largest absolute Gasteiger partial charge is 0.354 e. The molecule has 0 aliphatic heterocycles. The monoisotopic (exact) mass is 265 g/mol. The Labute approximate surface area is 110 Å². The van der Waals surface area contributed by atoms with Gasteiger partial charge < -0.3 is 5.32 Å². The molecule has 0 atom stereocenters. The molecule has 1 heterocycles. The average molecular weight is 266 g/mol. The van der Waals surface area contributed by atoms with E-state index in [2.05, 4.69) is 15.3 Å². The Balaban J connectivity index is 2.12. The van der Waals surface area contributed by atoms with Crippen molar-refractivity contribution in [3.8, 4) is 0 Å². The van der Waals surface area contributed by atoms with Gasteiger partial charge in [-0.25, -0.2) is 9.97 Å². The Bertz CT molecular complexity index is 487. The van der Waals surface area contributed by atoms with Crippen molar-refractivity contribution in [3.63, 3.8) is 0 Å². The molecule has 3 nitrogen and oxygen atoms in total. The Morgan fingerprint density at radius 3 is 2.71 bits per heavy atom. The normalized spacial score (nSPS) is 10.2. The molecule has 1 aromatic heterocycles. The molecule has 0 spiro atoms. The molecular weight excluding hydrogens is 254 g/mol. The summed E-state index contributed by atoms with van der Waals surface area (Å²) in [5.41, 5.74) is 0. The van der Waals surface area contributed by atoms with E-state index in [9.17, 15) is 0 Å². The smallest absolute Gasteiger partial charge is 0.223 e. The van der Waals surface area contributed by atoms with Crippen molar-refractivity contribution in [3.05, 3.63) is 41.6 Å². The summed E-state index contributed by atoms with van der Waals surface area (Å²) >= 11 is 7.42. The predicted octanol–water partition coefficient (Wildman–Crippen LogP) is 3.71. The highest BCUT2D eigenvalue weighted by Crippen LogP contribution is 2.27. The van der Waals surface area contributed by atoms with E-state index in [4.69, 9.17) is 11.6 Å². The molecule has 88 valence electrons. The summed E-state index contributed by atoms with van der Waals surface area (Å²) in [6.07, 6.45) is 1.75. The van der Waals surface area contributed by atoms with Gasteiger partial charge in [-0.1, -0.05) is 23.4 Å². The zero-order valence-corrected chi connectivity index (χ0v) is 10.9. The lowest BCUT2D eigenvalue weighted by molar-refractivity contribution is 1.01. The fourth-order valence-corrected chi connectivity index (χ4v) is 2.17. The van der Waals surface area contributed by atoms with Gasteiger partial charge in [-0.2, -0.15) is 0 Å². The lowest BCUT2D eigenvalue weighted by atomic mass is 10.4. The molecule has 0 fully saturated rings. The van der Waals surface area contributed by atoms with Crippen LogP contribution in [0.4, 0.5) is 5.95 Å². The van der Waals surface area contributed by atoms with Crippen molar-refractivity contribution >= 4 is 29.3 Å². The molecule has 0 radical (unpaired) electrons. The average Bonchev–Trinajstić information content (AvgIpc) is 2.33. The first-order chi connectivity index (χ1) is 8.28. The van der Waals surface area contributed by atoms with E-state index in [0.717, 1.165) is 21.5 Å². The molecule has 0 unspecified atom stereocenters. The summed E-state index contributed by atoms with van der Waals surface area (Å²) in [6, 6.07) is 9.58. The highest BCUT2D eigenvalue weighted by Gasteiger charge is 2.01. The third-order valence-electron chi connectivity index (χ3n) is 2.00. The van der Waals surface area contributed by atoms with Gasteiger partial charge >= 0.3 is 0 Å². The van der Waals surface area contributed by atoms with Crippen LogP contribution in [0.1, 0.15) is 6.92 Å². The van der Waals surface area contributed by atoms with Gasteiger partial charge in [-0.05, 0) is 37.3 Å². The number of hydrogen-bond acceptors (Lipinski definition) is 4. The van der Waals surface area contributed by atoms with E-state index in [1.165, 1.54) is 0 Å². The molecule has 17 heavy (non-hydrogen) atoms. The van der Waals surface area contributed by atoms with Crippen LogP contribution in [0, 0.1) is 0 Å². The summed E-state index contributed by atoms with van der Waals surface area (Å²) in [5, 5.41) is 4.74. The van der Waals surface area contributed by atoms with Gasteiger partial charge in [-0.15, -0.1) is 0 Å². The third kappa shape index (κ3) is 3.61. The van der Waals surface area contributed by atoms with Gasteiger partial charge in [0.25, 0.3) is 0 Å². The fraction of sp³-hybridized carbons (Fsp3) is 0.167. The number of anilines is 1. The highest BCUT2D eigenvalue weighted by molar-refractivity contribution is 7.99. The Hall–Kier alpha value is -1.26. The minimum atomic E-state index is 0.659. The van der Waals surface area contributed by atoms with Crippen LogP contribution in [0.5, 0.6) is 0 Å². The second-order valence-electron chi connectivity index (χ2n) is 3.30. The van der Waals surface area contributed by atoms with Gasteiger partial charge in [0.2, 0.25) is 5.95 Å². The predicted molar refractivity (Wildman–Crippen MR) is 71.8 cm³/mol. The SMILES string of the molecule is CCNc1nccc(Sc2ccc(Cl)cc2)n1. The molecule has 0 amide bonds. The van der Waals surface area contributed by atoms with Gasteiger partial charge in [0.15, 0.2) is 0 Å². The Kier molecular flexibility index (Phi) is 4.23. The van der Waals surface area contributed by atoms with Crippen LogP contribution in [-0.4, -0.2) is 16.5 Å². The van der Waals surface area contributed by atoms with E-state index in [1.807, 2.05) is 37.3 Å². The number of hydrogen-bond donors (Lipinski definition) is 1. The molecule has 0 aliphatic rings. The van der Waals surface area contributed by atoms with Gasteiger partial charge in [-0.3, -0.25) is 0 Å². The van der Waals surface area contributed by atoms with Crippen LogP contribution < -0.4 is 5.32 Å². The van der Waals surface area contributed by atoms with Gasteiger partial charge in [0.1, 0.15) is 5.03 Å². The molecule has 1 aromatic carbocycles. The van der Waals surface area contributed by atoms with E-state index in [-0.39, 0.29) is 0 Å². The van der Waals surface area contributed by atoms with Crippen molar-refractivity contribution in [1.29, 1.82) is 0 Å². The zero-order valence-electron chi connectivity index (χ0n) is 9.35. The molecule has 2 aromatic rings. The molecule has 2 rings (SSSR count). The lowest BCUT2D eigenvalue weighted by Gasteiger charge is -2.04. The summed E-state index contributed by atoms with van der Waals surface area (Å²) in [5.74, 6) is 0.659. The summed E-state index contributed by atoms with van der Waals surface area (Å²) in [7, 11) is 0. The molecular formula is C12H12ClN3S. The van der Waals surface area contributed by atoms with Crippen LogP contribution in [-0.2, 0) is 0 Å². The summed E-state index contributed by atoms with van der Waals surface area (Å²) < 4.78 is 0. The van der Waals surface area contributed by atoms with Crippen LogP contribution in [0.2, 0.25) is 5.02 Å². The van der Waals surface area contributed by atoms with Crippen LogP contribution in [0.25, 0.3) is 0 Å². The Morgan fingerprint density at radius 1 is 1.24 bits per heavy atom. The standard InChI is InChI=1S/C12H12ClN3S/c1-2-14-12-15-8-7-11(16-12)17-10-5-3-9(13)4-6-10/h3-8H,2H2,1H3,(H,14,15,16). The quantitative estimate of drug-likeness (QED) is 0.855. The van der Waals surface area contributed by atoms with Crippen LogP contribution >= 0.6 is 23.4 Å². The summed E-state index contributed by atoms with van der Waals surface area (Å²) in [6.45, 7) is 2.83. The fourth-order valence-electron chi connectivity index (χ4n) is 1.27. The third-order valence-corrected chi connectivity index (χ3v) is 3.20. The first-order valence-corrected chi connectivity index (χ1v) is 6.47. The first-order valence-electron chi connectivity index (χ1n) is 5.28. The number of nitrogens with zero attached hydrogens (tertiary/aromatic N) is 2. The maximum atomic E-state index is 5.84. The maximum absolute atomic E-state index is 5.84. The lowest BCUT2D eigenvalue weighted by Crippen LogP contribution is -2.01. The maximum Gasteiger partial charge on any atom is 0.223 e. The number of aromatic nitrogens is 2. The second-order valence-corrected chi connectivity index (χ2v) is 4.84. The van der Waals surface area contributed by atoms with E-state index < -0.39 is 0 Å². The van der Waals surface area contributed by atoms with Crippen molar-refractivity contribution < 1.29 is 0 Å². The van der Waals surface area contributed by atoms with Gasteiger partial charge in [0, 0.05) is 22.7 Å². The number of halogens is 1. The van der Waals surface area contributed by atoms with E-state index >= 15 is 0 Å². The number of rotatable bonds is 4. The number of nitrogens with one attached hydrogen (secondary N) is 1. The van der Waals surface area contributed by atoms with E-state index in [1.54, 1.807) is 18.0 Å². The topological polar surface area (TPSA) is 37.8 Å². The van der Waals surface area contributed by atoms with E-state index in [0.29, 0.717) is 5.95 Å². The second kappa shape index (κ2) is 5.89. The Morgan fingerprint density at radius 2 is 2.00 bits per heavy atom. The molecule has 0 aliphatic carbocycles. The number of benzene rings is 1. The minimum absolute atomic E-state index is 0.659. The van der Waals surface area contributed by atoms with Gasteiger partial charge in [0.05, 0.1) is 0 Å². The molecule has 0 bridgehead atoms.